The highest BCUT2D eigenvalue weighted by Gasteiger charge is 2.21. The zero-order valence-corrected chi connectivity index (χ0v) is 9.40. The number of alkyl halides is 3. The van der Waals surface area contributed by atoms with Crippen LogP contribution < -0.4 is 0 Å². The van der Waals surface area contributed by atoms with Crippen molar-refractivity contribution in [1.29, 1.82) is 0 Å². The fourth-order valence-corrected chi connectivity index (χ4v) is 1.74. The first kappa shape index (κ1) is 13.1. The molecule has 0 amide bonds. The van der Waals surface area contributed by atoms with Crippen molar-refractivity contribution < 1.29 is 18.7 Å². The van der Waals surface area contributed by atoms with E-state index in [1.54, 1.807) is 0 Å². The number of hydrogen-bond donors (Lipinski definition) is 1. The minimum atomic E-state index is -2.83. The first-order valence-electron chi connectivity index (χ1n) is 4.19. The molecule has 1 aromatic heterocycles. The van der Waals surface area contributed by atoms with E-state index in [1.165, 1.54) is 6.07 Å². The first-order valence-corrected chi connectivity index (χ1v) is 5.11. The van der Waals surface area contributed by atoms with Crippen LogP contribution in [-0.4, -0.2) is 16.1 Å². The summed E-state index contributed by atoms with van der Waals surface area (Å²) in [6.45, 7) is 0. The van der Waals surface area contributed by atoms with Gasteiger partial charge in [-0.2, -0.15) is 0 Å². The lowest BCUT2D eigenvalue weighted by atomic mass is 10.1. The Kier molecular flexibility index (Phi) is 4.44. The molecule has 0 spiro atoms. The summed E-state index contributed by atoms with van der Waals surface area (Å²) in [5, 5.41) is 8.52. The van der Waals surface area contributed by atoms with Crippen LogP contribution in [0.1, 0.15) is 23.2 Å². The van der Waals surface area contributed by atoms with Crippen molar-refractivity contribution in [2.45, 2.75) is 18.7 Å². The number of hydrogen-bond acceptors (Lipinski definition) is 2. The molecule has 0 aliphatic heterocycles. The minimum absolute atomic E-state index is 0.0451. The van der Waals surface area contributed by atoms with Crippen LogP contribution >= 0.6 is 23.2 Å². The number of carbonyl (C=O) groups is 1. The summed E-state index contributed by atoms with van der Waals surface area (Å²) in [6, 6.07) is 1.21. The second-order valence-electron chi connectivity index (χ2n) is 2.97. The predicted octanol–water partition coefficient (Wildman–Crippen LogP) is 3.04. The van der Waals surface area contributed by atoms with Crippen LogP contribution in [0.15, 0.2) is 6.07 Å². The Labute approximate surface area is 100 Å². The summed E-state index contributed by atoms with van der Waals surface area (Å²) < 4.78 is 25.4. The van der Waals surface area contributed by atoms with Gasteiger partial charge in [0.05, 0.1) is 12.1 Å². The number of pyridine rings is 1. The van der Waals surface area contributed by atoms with Gasteiger partial charge in [-0.1, -0.05) is 11.6 Å². The Hall–Kier alpha value is -0.940. The van der Waals surface area contributed by atoms with Gasteiger partial charge >= 0.3 is 5.97 Å². The van der Waals surface area contributed by atoms with Crippen LogP contribution in [0, 0.1) is 0 Å². The first-order chi connectivity index (χ1) is 7.45. The van der Waals surface area contributed by atoms with Gasteiger partial charge in [-0.05, 0) is 11.6 Å². The fourth-order valence-electron chi connectivity index (χ4n) is 1.28. The molecule has 1 N–H and O–H groups in total. The molecule has 0 bridgehead atoms. The van der Waals surface area contributed by atoms with Crippen LogP contribution in [0.25, 0.3) is 0 Å². The van der Waals surface area contributed by atoms with E-state index in [1.807, 2.05) is 0 Å². The molecule has 0 aliphatic carbocycles. The Balaban J connectivity index is 3.32. The zero-order valence-electron chi connectivity index (χ0n) is 7.88. The fraction of sp³-hybridized carbons (Fsp3) is 0.333. The third-order valence-electron chi connectivity index (χ3n) is 1.87. The highest BCUT2D eigenvalue weighted by Crippen LogP contribution is 2.29. The third-order valence-corrected chi connectivity index (χ3v) is 2.35. The highest BCUT2D eigenvalue weighted by molar-refractivity contribution is 6.29. The van der Waals surface area contributed by atoms with E-state index >= 15 is 0 Å². The molecule has 0 saturated carbocycles. The normalized spacial score (nSPS) is 10.8. The van der Waals surface area contributed by atoms with Crippen molar-refractivity contribution in [3.8, 4) is 0 Å². The smallest absolute Gasteiger partial charge is 0.309 e. The largest absolute Gasteiger partial charge is 0.481 e. The molecular weight excluding hydrogens is 263 g/mol. The predicted molar refractivity (Wildman–Crippen MR) is 55.1 cm³/mol. The maximum absolute atomic E-state index is 12.7. The van der Waals surface area contributed by atoms with E-state index in [9.17, 15) is 13.6 Å². The van der Waals surface area contributed by atoms with Gasteiger partial charge in [0, 0.05) is 11.4 Å². The number of aliphatic carboxylic acids is 1. The lowest BCUT2D eigenvalue weighted by Crippen LogP contribution is -2.09. The van der Waals surface area contributed by atoms with Crippen LogP contribution in [0.4, 0.5) is 8.78 Å². The van der Waals surface area contributed by atoms with Gasteiger partial charge in [0.25, 0.3) is 6.43 Å². The molecule has 0 radical (unpaired) electrons. The summed E-state index contributed by atoms with van der Waals surface area (Å²) >= 11 is 11.1. The van der Waals surface area contributed by atoms with Crippen molar-refractivity contribution >= 4 is 29.2 Å². The topological polar surface area (TPSA) is 50.2 Å². The van der Waals surface area contributed by atoms with Crippen LogP contribution in [0.2, 0.25) is 5.15 Å². The standard InChI is InChI=1S/C9H7Cl2F2NO2/c10-3-4-1-6(11)14-5(2-7(15)16)8(4)9(12)13/h1,9H,2-3H2,(H,15,16). The molecular formula is C9H7Cl2F2NO2. The second-order valence-corrected chi connectivity index (χ2v) is 3.62. The van der Waals surface area contributed by atoms with Crippen molar-refractivity contribution in [2.24, 2.45) is 0 Å². The van der Waals surface area contributed by atoms with Gasteiger partial charge in [-0.15, -0.1) is 11.6 Å². The van der Waals surface area contributed by atoms with Crippen LogP contribution in [0.3, 0.4) is 0 Å². The number of nitrogens with zero attached hydrogens (tertiary/aromatic N) is 1. The van der Waals surface area contributed by atoms with E-state index in [4.69, 9.17) is 28.3 Å². The number of rotatable bonds is 4. The summed E-state index contributed by atoms with van der Waals surface area (Å²) in [4.78, 5) is 14.1. The van der Waals surface area contributed by atoms with Gasteiger partial charge in [0.2, 0.25) is 0 Å². The van der Waals surface area contributed by atoms with E-state index in [0.29, 0.717) is 0 Å². The van der Waals surface area contributed by atoms with Crippen molar-refractivity contribution in [3.05, 3.63) is 28.0 Å². The van der Waals surface area contributed by atoms with E-state index < -0.39 is 24.4 Å². The maximum Gasteiger partial charge on any atom is 0.309 e. The number of halogens is 4. The monoisotopic (exact) mass is 269 g/mol. The molecule has 0 fully saturated rings. The van der Waals surface area contributed by atoms with Crippen LogP contribution in [-0.2, 0) is 17.1 Å². The molecule has 1 aromatic rings. The van der Waals surface area contributed by atoms with Crippen molar-refractivity contribution in [2.75, 3.05) is 0 Å². The van der Waals surface area contributed by atoms with Crippen molar-refractivity contribution in [3.63, 3.8) is 0 Å². The van der Waals surface area contributed by atoms with Gasteiger partial charge in [-0.3, -0.25) is 4.79 Å². The lowest BCUT2D eigenvalue weighted by Gasteiger charge is -2.11. The highest BCUT2D eigenvalue weighted by atomic mass is 35.5. The molecule has 0 atom stereocenters. The molecule has 3 nitrogen and oxygen atoms in total. The van der Waals surface area contributed by atoms with Gasteiger partial charge in [-0.25, -0.2) is 13.8 Å². The Morgan fingerprint density at radius 2 is 2.19 bits per heavy atom. The van der Waals surface area contributed by atoms with E-state index in [-0.39, 0.29) is 22.3 Å². The lowest BCUT2D eigenvalue weighted by molar-refractivity contribution is -0.136. The number of aromatic nitrogens is 1. The summed E-state index contributed by atoms with van der Waals surface area (Å²) in [7, 11) is 0. The summed E-state index contributed by atoms with van der Waals surface area (Å²) in [5.74, 6) is -1.42. The molecule has 1 rings (SSSR count). The Morgan fingerprint density at radius 3 is 2.62 bits per heavy atom. The van der Waals surface area contributed by atoms with Gasteiger partial charge < -0.3 is 5.11 Å². The molecule has 16 heavy (non-hydrogen) atoms. The van der Waals surface area contributed by atoms with Gasteiger partial charge in [0.1, 0.15) is 5.15 Å². The molecule has 88 valence electrons. The average molecular weight is 270 g/mol. The van der Waals surface area contributed by atoms with Gasteiger partial charge in [0.15, 0.2) is 0 Å². The molecule has 0 aliphatic rings. The number of carboxylic acids is 1. The summed E-state index contributed by atoms with van der Waals surface area (Å²) in [6.07, 6.45) is -3.43. The minimum Gasteiger partial charge on any atom is -0.481 e. The van der Waals surface area contributed by atoms with E-state index in [0.717, 1.165) is 0 Å². The zero-order chi connectivity index (χ0) is 12.3. The second kappa shape index (κ2) is 5.41. The number of carboxylic acid groups (broad SMARTS) is 1. The molecule has 0 saturated heterocycles. The Morgan fingerprint density at radius 1 is 1.56 bits per heavy atom. The molecule has 0 aromatic carbocycles. The summed E-state index contributed by atoms with van der Waals surface area (Å²) in [5.41, 5.74) is -0.583. The third kappa shape index (κ3) is 3.02. The average Bonchev–Trinajstić information content (AvgIpc) is 2.14. The maximum atomic E-state index is 12.7. The quantitative estimate of drug-likeness (QED) is 0.675. The molecule has 1 heterocycles. The SMILES string of the molecule is O=C(O)Cc1nc(Cl)cc(CCl)c1C(F)F. The molecule has 0 unspecified atom stereocenters. The molecule has 7 heteroatoms. The Bertz CT molecular complexity index is 413. The van der Waals surface area contributed by atoms with Crippen molar-refractivity contribution in [1.82, 2.24) is 4.98 Å². The van der Waals surface area contributed by atoms with E-state index in [2.05, 4.69) is 4.98 Å². The van der Waals surface area contributed by atoms with Crippen LogP contribution in [0.5, 0.6) is 0 Å².